The number of carbonyl (C=O) groups excluding carboxylic acids is 2. The van der Waals surface area contributed by atoms with Crippen LogP contribution < -0.4 is 10.2 Å². The predicted molar refractivity (Wildman–Crippen MR) is 131 cm³/mol. The zero-order valence-corrected chi connectivity index (χ0v) is 19.2. The van der Waals surface area contributed by atoms with Gasteiger partial charge in [0.15, 0.2) is 5.82 Å². The van der Waals surface area contributed by atoms with E-state index in [9.17, 15) is 9.59 Å². The van der Waals surface area contributed by atoms with Crippen molar-refractivity contribution >= 4 is 52.4 Å². The fourth-order valence-electron chi connectivity index (χ4n) is 3.52. The Kier molecular flexibility index (Phi) is 5.89. The highest BCUT2D eigenvalue weighted by Crippen LogP contribution is 2.48. The molecule has 0 saturated heterocycles. The number of aromatic amines is 1. The molecule has 0 fully saturated rings. The van der Waals surface area contributed by atoms with Gasteiger partial charge in [0, 0.05) is 28.0 Å². The van der Waals surface area contributed by atoms with Crippen molar-refractivity contribution in [3.05, 3.63) is 72.8 Å². The minimum absolute atomic E-state index is 0.0359. The number of anilines is 3. The van der Waals surface area contributed by atoms with Crippen molar-refractivity contribution in [1.82, 2.24) is 15.2 Å². The van der Waals surface area contributed by atoms with Crippen molar-refractivity contribution < 1.29 is 9.59 Å². The average Bonchev–Trinajstić information content (AvgIpc) is 3.30. The maximum absolute atomic E-state index is 13.3. The van der Waals surface area contributed by atoms with Crippen LogP contribution in [0.1, 0.15) is 6.92 Å². The second-order valence-corrected chi connectivity index (χ2v) is 9.31. The molecule has 0 spiro atoms. The van der Waals surface area contributed by atoms with Crippen LogP contribution >= 0.6 is 23.5 Å². The van der Waals surface area contributed by atoms with Gasteiger partial charge < -0.3 is 5.32 Å². The van der Waals surface area contributed by atoms with Crippen LogP contribution in [-0.2, 0) is 9.59 Å². The van der Waals surface area contributed by atoms with Crippen molar-refractivity contribution in [3.63, 3.8) is 0 Å². The number of hydrogen-bond donors (Lipinski definition) is 2. The molecular formula is C24H19N5O2S2. The highest BCUT2D eigenvalue weighted by Gasteiger charge is 2.28. The number of H-pyrrole nitrogens is 1. The first-order chi connectivity index (χ1) is 16.1. The number of hydrogen-bond acceptors (Lipinski definition) is 6. The number of aromatic nitrogens is 3. The number of thioether (sulfide) groups is 1. The van der Waals surface area contributed by atoms with Crippen LogP contribution in [0.25, 0.3) is 11.4 Å². The molecule has 1 aliphatic heterocycles. The first-order valence-corrected chi connectivity index (χ1v) is 12.0. The summed E-state index contributed by atoms with van der Waals surface area (Å²) in [6.45, 7) is 1.47. The van der Waals surface area contributed by atoms with Crippen molar-refractivity contribution in [3.8, 4) is 11.4 Å². The molecule has 3 aromatic carbocycles. The molecule has 2 amide bonds. The van der Waals surface area contributed by atoms with Crippen LogP contribution in [0.3, 0.4) is 0 Å². The first-order valence-electron chi connectivity index (χ1n) is 10.2. The van der Waals surface area contributed by atoms with Crippen molar-refractivity contribution in [1.29, 1.82) is 0 Å². The maximum Gasteiger partial charge on any atom is 0.242 e. The monoisotopic (exact) mass is 473 g/mol. The lowest BCUT2D eigenvalue weighted by molar-refractivity contribution is -0.115. The summed E-state index contributed by atoms with van der Waals surface area (Å²) in [4.78, 5) is 32.9. The summed E-state index contributed by atoms with van der Waals surface area (Å²) in [5.74, 6) is 0.644. The Hall–Kier alpha value is -3.56. The smallest absolute Gasteiger partial charge is 0.242 e. The van der Waals surface area contributed by atoms with Crippen LogP contribution in [0.5, 0.6) is 0 Å². The van der Waals surface area contributed by atoms with Gasteiger partial charge in [-0.05, 0) is 48.5 Å². The van der Waals surface area contributed by atoms with Gasteiger partial charge in [-0.2, -0.15) is 0 Å². The summed E-state index contributed by atoms with van der Waals surface area (Å²) >= 11 is 2.96. The molecule has 9 heteroatoms. The van der Waals surface area contributed by atoms with Gasteiger partial charge in [-0.15, -0.1) is 5.10 Å². The minimum atomic E-state index is -0.122. The number of para-hydroxylation sites is 2. The Morgan fingerprint density at radius 2 is 1.61 bits per heavy atom. The summed E-state index contributed by atoms with van der Waals surface area (Å²) in [7, 11) is 0. The van der Waals surface area contributed by atoms with E-state index in [2.05, 4.69) is 20.5 Å². The standard InChI is InChI=1S/C24H19N5O2S2/c1-15(30)25-17-12-10-16(11-13-17)23-26-24(28-27-23)32-14-22(31)29-18-6-2-4-8-20(18)33-21-9-5-3-7-19(21)29/h2-13H,14H2,1H3,(H,25,30)(H,26,27,28). The molecule has 0 aliphatic carbocycles. The van der Waals surface area contributed by atoms with Crippen LogP contribution in [0.4, 0.5) is 17.1 Å². The van der Waals surface area contributed by atoms with Gasteiger partial charge in [-0.3, -0.25) is 19.6 Å². The molecule has 1 aromatic heterocycles. The van der Waals surface area contributed by atoms with Gasteiger partial charge in [-0.25, -0.2) is 4.98 Å². The van der Waals surface area contributed by atoms with E-state index in [4.69, 9.17) is 0 Å². The molecule has 2 heterocycles. The number of rotatable bonds is 5. The van der Waals surface area contributed by atoms with E-state index < -0.39 is 0 Å². The molecule has 164 valence electrons. The molecule has 0 atom stereocenters. The number of nitrogens with zero attached hydrogens (tertiary/aromatic N) is 3. The van der Waals surface area contributed by atoms with Gasteiger partial charge in [0.05, 0.1) is 17.1 Å². The average molecular weight is 474 g/mol. The van der Waals surface area contributed by atoms with Gasteiger partial charge in [0.2, 0.25) is 17.0 Å². The van der Waals surface area contributed by atoms with Crippen LogP contribution in [0.2, 0.25) is 0 Å². The number of carbonyl (C=O) groups is 2. The predicted octanol–water partition coefficient (Wildman–Crippen LogP) is 5.35. The summed E-state index contributed by atoms with van der Waals surface area (Å²) in [6.07, 6.45) is 0. The van der Waals surface area contributed by atoms with Gasteiger partial charge in [0.1, 0.15) is 0 Å². The molecular weight excluding hydrogens is 454 g/mol. The fourth-order valence-corrected chi connectivity index (χ4v) is 5.22. The molecule has 7 nitrogen and oxygen atoms in total. The van der Waals surface area contributed by atoms with E-state index in [1.807, 2.05) is 60.7 Å². The topological polar surface area (TPSA) is 91.0 Å². The van der Waals surface area contributed by atoms with E-state index in [1.54, 1.807) is 28.8 Å². The quantitative estimate of drug-likeness (QED) is 0.380. The SMILES string of the molecule is CC(=O)Nc1ccc(-c2nc(SCC(=O)N3c4ccccc4Sc4ccccc43)n[nH]2)cc1. The van der Waals surface area contributed by atoms with Crippen molar-refractivity contribution in [2.45, 2.75) is 21.9 Å². The normalized spacial score (nSPS) is 12.1. The molecule has 0 saturated carbocycles. The Bertz CT molecular complexity index is 1290. The highest BCUT2D eigenvalue weighted by molar-refractivity contribution is 8.00. The maximum atomic E-state index is 13.3. The largest absolute Gasteiger partial charge is 0.326 e. The van der Waals surface area contributed by atoms with Gasteiger partial charge in [-0.1, -0.05) is 47.8 Å². The lowest BCUT2D eigenvalue weighted by Crippen LogP contribution is -2.30. The molecule has 0 bridgehead atoms. The van der Waals surface area contributed by atoms with Gasteiger partial charge in [0.25, 0.3) is 0 Å². The third-order valence-corrected chi connectivity index (χ3v) is 6.91. The summed E-state index contributed by atoms with van der Waals surface area (Å²) < 4.78 is 0. The first kappa shape index (κ1) is 21.3. The van der Waals surface area contributed by atoms with Gasteiger partial charge >= 0.3 is 0 Å². The Morgan fingerprint density at radius 3 is 2.24 bits per heavy atom. The van der Waals surface area contributed by atoms with E-state index in [1.165, 1.54) is 18.7 Å². The zero-order chi connectivity index (χ0) is 22.8. The van der Waals surface area contributed by atoms with Crippen molar-refractivity contribution in [2.24, 2.45) is 0 Å². The molecule has 33 heavy (non-hydrogen) atoms. The van der Waals surface area contributed by atoms with Crippen molar-refractivity contribution in [2.75, 3.05) is 16.0 Å². The van der Waals surface area contributed by atoms with Crippen LogP contribution in [0.15, 0.2) is 87.7 Å². The lowest BCUT2D eigenvalue weighted by Gasteiger charge is -2.30. The third kappa shape index (κ3) is 4.50. The molecule has 4 aromatic rings. The number of fused-ring (bicyclic) bond motifs is 2. The van der Waals surface area contributed by atoms with E-state index in [0.717, 1.165) is 26.7 Å². The summed E-state index contributed by atoms with van der Waals surface area (Å²) in [5.41, 5.74) is 3.33. The van der Waals surface area contributed by atoms with Crippen LogP contribution in [-0.4, -0.2) is 32.7 Å². The molecule has 0 radical (unpaired) electrons. The Balaban J connectivity index is 1.31. The highest BCUT2D eigenvalue weighted by atomic mass is 32.2. The minimum Gasteiger partial charge on any atom is -0.326 e. The molecule has 1 aliphatic rings. The Morgan fingerprint density at radius 1 is 0.970 bits per heavy atom. The second-order valence-electron chi connectivity index (χ2n) is 7.28. The fraction of sp³-hybridized carbons (Fsp3) is 0.0833. The number of benzene rings is 3. The summed E-state index contributed by atoms with van der Waals surface area (Å²) in [6, 6.07) is 23.2. The van der Waals surface area contributed by atoms with Crippen LogP contribution in [0, 0.1) is 0 Å². The lowest BCUT2D eigenvalue weighted by atomic mass is 10.2. The van der Waals surface area contributed by atoms with E-state index >= 15 is 0 Å². The molecule has 2 N–H and O–H groups in total. The number of nitrogens with one attached hydrogen (secondary N) is 2. The van der Waals surface area contributed by atoms with E-state index in [-0.39, 0.29) is 17.6 Å². The molecule has 0 unspecified atom stereocenters. The second kappa shape index (κ2) is 9.13. The third-order valence-electron chi connectivity index (χ3n) is 4.95. The summed E-state index contributed by atoms with van der Waals surface area (Å²) in [5, 5.41) is 10.4. The Labute approximate surface area is 199 Å². The molecule has 5 rings (SSSR count). The van der Waals surface area contributed by atoms with E-state index in [0.29, 0.717) is 16.7 Å². The zero-order valence-electron chi connectivity index (χ0n) is 17.6. The number of amides is 2.